The number of sulfonamides is 1. The summed E-state index contributed by atoms with van der Waals surface area (Å²) in [6.45, 7) is 3.61. The number of hydrogen-bond donors (Lipinski definition) is 3. The van der Waals surface area contributed by atoms with Crippen LogP contribution in [0, 0.1) is 5.92 Å². The average molecular weight is 397 g/mol. The highest BCUT2D eigenvalue weighted by Gasteiger charge is 2.28. The zero-order valence-corrected chi connectivity index (χ0v) is 16.6. The third kappa shape index (κ3) is 6.84. The molecule has 1 aromatic carbocycles. The maximum absolute atomic E-state index is 12.6. The summed E-state index contributed by atoms with van der Waals surface area (Å²) in [6.07, 6.45) is 2.22. The zero-order valence-electron chi connectivity index (χ0n) is 15.8. The summed E-state index contributed by atoms with van der Waals surface area (Å²) in [6, 6.07) is 5.13. The Bertz CT molecular complexity index is 758. The van der Waals surface area contributed by atoms with E-state index in [-0.39, 0.29) is 29.3 Å². The Hall–Kier alpha value is -2.13. The van der Waals surface area contributed by atoms with Crippen LogP contribution < -0.4 is 20.1 Å². The van der Waals surface area contributed by atoms with Gasteiger partial charge in [-0.05, 0) is 49.4 Å². The van der Waals surface area contributed by atoms with Crippen LogP contribution >= 0.6 is 0 Å². The number of benzene rings is 1. The first kappa shape index (κ1) is 21.2. The molecular weight excluding hydrogens is 370 g/mol. The van der Waals surface area contributed by atoms with Crippen LogP contribution in [0.3, 0.4) is 0 Å². The fourth-order valence-electron chi connectivity index (χ4n) is 2.49. The molecule has 3 N–H and O–H groups in total. The smallest absolute Gasteiger partial charge is 0.241 e. The second-order valence-corrected chi connectivity index (χ2v) is 8.75. The molecule has 9 heteroatoms. The number of methoxy groups -OCH3 is 1. The average Bonchev–Trinajstić information content (AvgIpc) is 3.42. The second-order valence-electron chi connectivity index (χ2n) is 7.04. The minimum Gasteiger partial charge on any atom is -0.497 e. The van der Waals surface area contributed by atoms with Gasteiger partial charge < -0.3 is 15.4 Å². The molecule has 0 heterocycles. The van der Waals surface area contributed by atoms with Crippen LogP contribution in [-0.2, 0) is 19.6 Å². The van der Waals surface area contributed by atoms with Crippen molar-refractivity contribution in [3.8, 4) is 5.75 Å². The summed E-state index contributed by atoms with van der Waals surface area (Å²) in [7, 11) is -2.40. The highest BCUT2D eigenvalue weighted by Crippen LogP contribution is 2.18. The van der Waals surface area contributed by atoms with Crippen molar-refractivity contribution in [3.63, 3.8) is 0 Å². The van der Waals surface area contributed by atoms with E-state index in [1.807, 2.05) is 13.8 Å². The van der Waals surface area contributed by atoms with Crippen molar-refractivity contribution in [2.24, 2.45) is 5.92 Å². The van der Waals surface area contributed by atoms with Crippen LogP contribution in [0.15, 0.2) is 29.2 Å². The van der Waals surface area contributed by atoms with Gasteiger partial charge in [0.15, 0.2) is 0 Å². The van der Waals surface area contributed by atoms with E-state index >= 15 is 0 Å². The SMILES string of the molecule is COc1ccc(S(=O)(=O)N[C@H](CC(C)C)C(=O)NCC(=O)NC2CC2)cc1. The van der Waals surface area contributed by atoms with E-state index in [9.17, 15) is 18.0 Å². The first-order valence-corrected chi connectivity index (χ1v) is 10.4. The minimum absolute atomic E-state index is 0.0383. The third-order valence-electron chi connectivity index (χ3n) is 4.06. The first-order chi connectivity index (χ1) is 12.7. The van der Waals surface area contributed by atoms with Crippen LogP contribution in [0.2, 0.25) is 0 Å². The van der Waals surface area contributed by atoms with Gasteiger partial charge in [-0.3, -0.25) is 9.59 Å². The number of rotatable bonds is 10. The number of amides is 2. The van der Waals surface area contributed by atoms with E-state index in [2.05, 4.69) is 15.4 Å². The predicted molar refractivity (Wildman–Crippen MR) is 101 cm³/mol. The van der Waals surface area contributed by atoms with Crippen LogP contribution in [-0.4, -0.2) is 46.0 Å². The molecule has 0 aromatic heterocycles. The van der Waals surface area contributed by atoms with Crippen LogP contribution in [0.25, 0.3) is 0 Å². The number of nitrogens with one attached hydrogen (secondary N) is 3. The fraction of sp³-hybridized carbons (Fsp3) is 0.556. The lowest BCUT2D eigenvalue weighted by atomic mass is 10.0. The second kappa shape index (κ2) is 9.18. The molecule has 27 heavy (non-hydrogen) atoms. The largest absolute Gasteiger partial charge is 0.497 e. The molecule has 0 unspecified atom stereocenters. The summed E-state index contributed by atoms with van der Waals surface area (Å²) in [4.78, 5) is 24.2. The molecule has 1 aromatic rings. The Balaban J connectivity index is 2.02. The molecule has 1 atom stereocenters. The molecular formula is C18H27N3O5S. The number of carbonyl (C=O) groups excluding carboxylic acids is 2. The highest BCUT2D eigenvalue weighted by atomic mass is 32.2. The van der Waals surface area contributed by atoms with Crippen molar-refractivity contribution in [1.29, 1.82) is 0 Å². The first-order valence-electron chi connectivity index (χ1n) is 8.94. The number of hydrogen-bond acceptors (Lipinski definition) is 5. The molecule has 0 bridgehead atoms. The van der Waals surface area contributed by atoms with Crippen LogP contribution in [0.4, 0.5) is 0 Å². The molecule has 8 nitrogen and oxygen atoms in total. The highest BCUT2D eigenvalue weighted by molar-refractivity contribution is 7.89. The monoisotopic (exact) mass is 397 g/mol. The van der Waals surface area contributed by atoms with Gasteiger partial charge in [0.25, 0.3) is 0 Å². The van der Waals surface area contributed by atoms with Crippen molar-refractivity contribution in [2.45, 2.75) is 50.1 Å². The van der Waals surface area contributed by atoms with Gasteiger partial charge in [0.1, 0.15) is 11.8 Å². The van der Waals surface area contributed by atoms with Crippen molar-refractivity contribution < 1.29 is 22.7 Å². The molecule has 0 saturated heterocycles. The molecule has 2 amide bonds. The lowest BCUT2D eigenvalue weighted by molar-refractivity contribution is -0.127. The van der Waals surface area contributed by atoms with E-state index in [4.69, 9.17) is 4.74 Å². The van der Waals surface area contributed by atoms with E-state index in [1.54, 1.807) is 0 Å². The summed E-state index contributed by atoms with van der Waals surface area (Å²) >= 11 is 0. The third-order valence-corrected chi connectivity index (χ3v) is 5.54. The molecule has 0 spiro atoms. The molecule has 1 fully saturated rings. The lowest BCUT2D eigenvalue weighted by Crippen LogP contribution is -2.49. The van der Waals surface area contributed by atoms with Gasteiger partial charge in [0.05, 0.1) is 18.6 Å². The molecule has 1 saturated carbocycles. The normalized spacial score (nSPS) is 15.3. The zero-order chi connectivity index (χ0) is 20.0. The maximum atomic E-state index is 12.6. The Labute approximate surface area is 160 Å². The van der Waals surface area contributed by atoms with E-state index in [0.717, 1.165) is 12.8 Å². The summed E-state index contributed by atoms with van der Waals surface area (Å²) in [5.41, 5.74) is 0. The van der Waals surface area contributed by atoms with Crippen LogP contribution in [0.5, 0.6) is 5.75 Å². The molecule has 2 rings (SSSR count). The van der Waals surface area contributed by atoms with Gasteiger partial charge in [-0.25, -0.2) is 8.42 Å². The fourth-order valence-corrected chi connectivity index (χ4v) is 3.70. The summed E-state index contributed by atoms with van der Waals surface area (Å²) in [5.74, 6) is -0.175. The van der Waals surface area contributed by atoms with Crippen molar-refractivity contribution in [2.75, 3.05) is 13.7 Å². The number of ether oxygens (including phenoxy) is 1. The number of carbonyl (C=O) groups is 2. The molecule has 0 radical (unpaired) electrons. The molecule has 1 aliphatic carbocycles. The van der Waals surface area contributed by atoms with Gasteiger partial charge >= 0.3 is 0 Å². The van der Waals surface area contributed by atoms with Crippen LogP contribution in [0.1, 0.15) is 33.1 Å². The van der Waals surface area contributed by atoms with E-state index in [0.29, 0.717) is 12.2 Å². The Morgan fingerprint density at radius 3 is 2.33 bits per heavy atom. The minimum atomic E-state index is -3.89. The van der Waals surface area contributed by atoms with Crippen molar-refractivity contribution >= 4 is 21.8 Å². The summed E-state index contributed by atoms with van der Waals surface area (Å²) in [5, 5.41) is 5.29. The van der Waals surface area contributed by atoms with Gasteiger partial charge in [-0.1, -0.05) is 13.8 Å². The van der Waals surface area contributed by atoms with Gasteiger partial charge in [-0.15, -0.1) is 0 Å². The van der Waals surface area contributed by atoms with Gasteiger partial charge in [0, 0.05) is 6.04 Å². The van der Waals surface area contributed by atoms with Gasteiger partial charge in [0.2, 0.25) is 21.8 Å². The van der Waals surface area contributed by atoms with Crippen molar-refractivity contribution in [3.05, 3.63) is 24.3 Å². The Morgan fingerprint density at radius 1 is 1.19 bits per heavy atom. The lowest BCUT2D eigenvalue weighted by Gasteiger charge is -2.20. The topological polar surface area (TPSA) is 114 Å². The maximum Gasteiger partial charge on any atom is 0.241 e. The predicted octanol–water partition coefficient (Wildman–Crippen LogP) is 0.783. The molecule has 1 aliphatic rings. The molecule has 0 aliphatic heterocycles. The van der Waals surface area contributed by atoms with Crippen molar-refractivity contribution in [1.82, 2.24) is 15.4 Å². The van der Waals surface area contributed by atoms with E-state index in [1.165, 1.54) is 31.4 Å². The van der Waals surface area contributed by atoms with Gasteiger partial charge in [-0.2, -0.15) is 4.72 Å². The summed E-state index contributed by atoms with van der Waals surface area (Å²) < 4.78 is 32.7. The quantitative estimate of drug-likeness (QED) is 0.540. The molecule has 150 valence electrons. The Morgan fingerprint density at radius 2 is 1.81 bits per heavy atom. The van der Waals surface area contributed by atoms with E-state index < -0.39 is 22.0 Å². The Kier molecular flexibility index (Phi) is 7.20. The standard InChI is InChI=1S/C18H27N3O5S/c1-12(2)10-16(18(23)19-11-17(22)20-13-4-5-13)21-27(24,25)15-8-6-14(26-3)7-9-15/h6-9,12-13,16,21H,4-5,10-11H2,1-3H3,(H,19,23)(H,20,22)/t16-/m1/s1.